The van der Waals surface area contributed by atoms with Crippen molar-refractivity contribution in [2.45, 2.75) is 38.5 Å². The highest BCUT2D eigenvalue weighted by Gasteiger charge is 2.21. The van der Waals surface area contributed by atoms with Gasteiger partial charge in [0.2, 0.25) is 0 Å². The Morgan fingerprint density at radius 3 is 2.72 bits per heavy atom. The number of hydrogen-bond acceptors (Lipinski definition) is 3. The van der Waals surface area contributed by atoms with Crippen molar-refractivity contribution in [3.8, 4) is 0 Å². The summed E-state index contributed by atoms with van der Waals surface area (Å²) in [6.45, 7) is 2.29. The van der Waals surface area contributed by atoms with Crippen LogP contribution >= 0.6 is 11.3 Å². The van der Waals surface area contributed by atoms with Gasteiger partial charge in [-0.25, -0.2) is 4.39 Å². The second-order valence-corrected chi connectivity index (χ2v) is 7.54. The molecular formula is C20H25FN2OS. The minimum absolute atomic E-state index is 0.181. The molecule has 2 heterocycles. The van der Waals surface area contributed by atoms with Crippen LogP contribution in [0.15, 0.2) is 35.7 Å². The van der Waals surface area contributed by atoms with Crippen molar-refractivity contribution < 1.29 is 9.18 Å². The van der Waals surface area contributed by atoms with Crippen LogP contribution in [0.5, 0.6) is 0 Å². The lowest BCUT2D eigenvalue weighted by Crippen LogP contribution is -2.36. The Morgan fingerprint density at radius 1 is 1.16 bits per heavy atom. The molecule has 0 radical (unpaired) electrons. The van der Waals surface area contributed by atoms with E-state index in [4.69, 9.17) is 0 Å². The molecule has 1 amide bonds. The van der Waals surface area contributed by atoms with Crippen LogP contribution in [0.25, 0.3) is 0 Å². The number of amides is 1. The van der Waals surface area contributed by atoms with Crippen molar-refractivity contribution in [3.63, 3.8) is 0 Å². The average Bonchev–Trinajstić information content (AvgIpc) is 3.15. The average molecular weight is 360 g/mol. The van der Waals surface area contributed by atoms with Crippen molar-refractivity contribution in [2.24, 2.45) is 0 Å². The number of likely N-dealkylation sites (tertiary alicyclic amines) is 1. The molecule has 0 bridgehead atoms. The maximum atomic E-state index is 14.3. The molecule has 1 aliphatic heterocycles. The Morgan fingerprint density at radius 2 is 2.00 bits per heavy atom. The summed E-state index contributed by atoms with van der Waals surface area (Å²) in [6.07, 6.45) is 6.42. The molecule has 1 fully saturated rings. The quantitative estimate of drug-likeness (QED) is 0.709. The summed E-state index contributed by atoms with van der Waals surface area (Å²) in [5.41, 5.74) is 0.925. The summed E-state index contributed by atoms with van der Waals surface area (Å²) in [7, 11) is 0. The third-order valence-corrected chi connectivity index (χ3v) is 5.54. The summed E-state index contributed by atoms with van der Waals surface area (Å²) in [4.78, 5) is 15.6. The first-order valence-corrected chi connectivity index (χ1v) is 9.97. The lowest BCUT2D eigenvalue weighted by molar-refractivity contribution is 0.0719. The zero-order valence-electron chi connectivity index (χ0n) is 14.5. The minimum atomic E-state index is -0.431. The molecule has 1 aliphatic rings. The highest BCUT2D eigenvalue weighted by atomic mass is 32.1. The molecule has 0 spiro atoms. The lowest BCUT2D eigenvalue weighted by atomic mass is 10.1. The number of aryl methyl sites for hydroxylation is 1. The Kier molecular flexibility index (Phi) is 6.45. The Bertz CT molecular complexity index is 681. The smallest absolute Gasteiger partial charge is 0.256 e. The number of halogens is 1. The first-order valence-electron chi connectivity index (χ1n) is 9.09. The third kappa shape index (κ3) is 5.05. The normalized spacial score (nSPS) is 14.5. The van der Waals surface area contributed by atoms with Gasteiger partial charge in [0.1, 0.15) is 5.82 Å². The maximum absolute atomic E-state index is 14.3. The van der Waals surface area contributed by atoms with E-state index in [-0.39, 0.29) is 11.5 Å². The van der Waals surface area contributed by atoms with Crippen LogP contribution in [0.1, 0.15) is 47.3 Å². The van der Waals surface area contributed by atoms with E-state index >= 15 is 0 Å². The van der Waals surface area contributed by atoms with Crippen molar-refractivity contribution >= 4 is 22.9 Å². The SMILES string of the molecule is O=C(c1ccc(NCCCCc2cccs2)cc1F)N1CCCCC1. The van der Waals surface area contributed by atoms with Gasteiger partial charge in [0.25, 0.3) is 5.91 Å². The van der Waals surface area contributed by atoms with Crippen molar-refractivity contribution in [2.75, 3.05) is 25.0 Å². The molecule has 0 atom stereocenters. The van der Waals surface area contributed by atoms with Gasteiger partial charge in [-0.15, -0.1) is 11.3 Å². The Hall–Kier alpha value is -1.88. The van der Waals surface area contributed by atoms with Crippen LogP contribution in [-0.4, -0.2) is 30.4 Å². The third-order valence-electron chi connectivity index (χ3n) is 4.60. The molecule has 1 N–H and O–H groups in total. The highest BCUT2D eigenvalue weighted by Crippen LogP contribution is 2.19. The molecule has 25 heavy (non-hydrogen) atoms. The molecule has 1 aromatic heterocycles. The number of nitrogens with zero attached hydrogens (tertiary/aromatic N) is 1. The highest BCUT2D eigenvalue weighted by molar-refractivity contribution is 7.09. The summed E-state index contributed by atoms with van der Waals surface area (Å²) in [5, 5.41) is 5.35. The van der Waals surface area contributed by atoms with E-state index in [0.29, 0.717) is 0 Å². The van der Waals surface area contributed by atoms with Crippen molar-refractivity contribution in [1.82, 2.24) is 4.90 Å². The van der Waals surface area contributed by atoms with E-state index in [1.54, 1.807) is 28.4 Å². The van der Waals surface area contributed by atoms with Crippen molar-refractivity contribution in [1.29, 1.82) is 0 Å². The first-order chi connectivity index (χ1) is 12.2. The van der Waals surface area contributed by atoms with Gasteiger partial charge in [0, 0.05) is 30.2 Å². The lowest BCUT2D eigenvalue weighted by Gasteiger charge is -2.26. The fraction of sp³-hybridized carbons (Fsp3) is 0.450. The number of hydrogen-bond donors (Lipinski definition) is 1. The molecule has 0 saturated carbocycles. The molecule has 1 saturated heterocycles. The van der Waals surface area contributed by atoms with E-state index in [9.17, 15) is 9.18 Å². The number of benzene rings is 1. The fourth-order valence-corrected chi connectivity index (χ4v) is 3.93. The predicted molar refractivity (Wildman–Crippen MR) is 102 cm³/mol. The van der Waals surface area contributed by atoms with E-state index in [1.165, 1.54) is 10.9 Å². The molecule has 0 unspecified atom stereocenters. The molecular weight excluding hydrogens is 335 g/mol. The second-order valence-electron chi connectivity index (χ2n) is 6.51. The largest absolute Gasteiger partial charge is 0.385 e. The van der Waals surface area contributed by atoms with E-state index in [0.717, 1.165) is 63.8 Å². The van der Waals surface area contributed by atoms with Crippen molar-refractivity contribution in [3.05, 3.63) is 52.0 Å². The Balaban J connectivity index is 1.46. The molecule has 134 valence electrons. The second kappa shape index (κ2) is 8.99. The fourth-order valence-electron chi connectivity index (χ4n) is 3.18. The molecule has 3 rings (SSSR count). The molecule has 1 aromatic carbocycles. The number of carbonyl (C=O) groups is 1. The van der Waals surface area contributed by atoms with Gasteiger partial charge in [0.05, 0.1) is 5.56 Å². The van der Waals surface area contributed by atoms with Gasteiger partial charge in [-0.2, -0.15) is 0 Å². The minimum Gasteiger partial charge on any atom is -0.385 e. The summed E-state index contributed by atoms with van der Waals surface area (Å²) < 4.78 is 14.3. The predicted octanol–water partition coefficient (Wildman–Crippen LogP) is 4.95. The van der Waals surface area contributed by atoms with E-state index in [2.05, 4.69) is 22.8 Å². The van der Waals surface area contributed by atoms with Crippen LogP contribution in [0.4, 0.5) is 10.1 Å². The van der Waals surface area contributed by atoms with Gasteiger partial charge in [-0.3, -0.25) is 4.79 Å². The monoisotopic (exact) mass is 360 g/mol. The number of rotatable bonds is 7. The van der Waals surface area contributed by atoms with E-state index in [1.807, 2.05) is 0 Å². The molecule has 5 heteroatoms. The zero-order chi connectivity index (χ0) is 17.5. The van der Waals surface area contributed by atoms with Gasteiger partial charge in [0.15, 0.2) is 0 Å². The number of thiophene rings is 1. The van der Waals surface area contributed by atoms with Crippen LogP contribution < -0.4 is 5.32 Å². The number of carbonyl (C=O) groups excluding carboxylic acids is 1. The van der Waals surface area contributed by atoms with Gasteiger partial charge in [-0.05, 0) is 68.2 Å². The summed E-state index contributed by atoms with van der Waals surface area (Å²) >= 11 is 1.79. The summed E-state index contributed by atoms with van der Waals surface area (Å²) in [6, 6.07) is 9.09. The number of unbranched alkanes of at least 4 members (excludes halogenated alkanes) is 1. The van der Waals surface area contributed by atoms with Gasteiger partial charge < -0.3 is 10.2 Å². The molecule has 3 nitrogen and oxygen atoms in total. The first kappa shape index (κ1) is 17.9. The number of anilines is 1. The van der Waals surface area contributed by atoms with E-state index < -0.39 is 5.82 Å². The van der Waals surface area contributed by atoms with Crippen LogP contribution in [-0.2, 0) is 6.42 Å². The topological polar surface area (TPSA) is 32.3 Å². The van der Waals surface area contributed by atoms with Gasteiger partial charge >= 0.3 is 0 Å². The number of piperidine rings is 1. The number of nitrogens with one attached hydrogen (secondary N) is 1. The summed E-state index contributed by atoms with van der Waals surface area (Å²) in [5.74, 6) is -0.612. The maximum Gasteiger partial charge on any atom is 0.256 e. The van der Waals surface area contributed by atoms with Crippen LogP contribution in [0.2, 0.25) is 0 Å². The van der Waals surface area contributed by atoms with Crippen LogP contribution in [0.3, 0.4) is 0 Å². The molecule has 0 aliphatic carbocycles. The van der Waals surface area contributed by atoms with Crippen LogP contribution in [0, 0.1) is 5.82 Å². The molecule has 2 aromatic rings. The zero-order valence-corrected chi connectivity index (χ0v) is 15.3. The van der Waals surface area contributed by atoms with Gasteiger partial charge in [-0.1, -0.05) is 6.07 Å². The standard InChI is InChI=1S/C20H25FN2OS/c21-19-15-16(22-11-3-2-7-17-8-6-14-25-17)9-10-18(19)20(24)23-12-4-1-5-13-23/h6,8-10,14-15,22H,1-5,7,11-13H2. The Labute approximate surface area is 152 Å².